The normalized spacial score (nSPS) is 15.5. The van der Waals surface area contributed by atoms with E-state index in [0.717, 1.165) is 5.56 Å². The third-order valence-corrected chi connectivity index (χ3v) is 7.76. The Balaban J connectivity index is 1.98. The van der Waals surface area contributed by atoms with E-state index in [-0.39, 0.29) is 23.0 Å². The minimum absolute atomic E-state index is 0.0747. The highest BCUT2D eigenvalue weighted by Crippen LogP contribution is 2.34. The molecule has 188 valence electrons. The van der Waals surface area contributed by atoms with Crippen LogP contribution in [0.15, 0.2) is 61.9 Å². The van der Waals surface area contributed by atoms with Gasteiger partial charge in [0.2, 0.25) is 0 Å². The van der Waals surface area contributed by atoms with Crippen LogP contribution in [-0.2, 0) is 4.79 Å². The van der Waals surface area contributed by atoms with Crippen molar-refractivity contribution in [3.63, 3.8) is 0 Å². The SMILES string of the molecule is CCN(CC)C(=O)C1=C(C)N=c2s/c(=C/c3cc(Br)cc(OC)c3O)c(=O)n2[C@@H]1c1ccc(Cl)cc1. The molecule has 10 heteroatoms. The van der Waals surface area contributed by atoms with Gasteiger partial charge in [0.15, 0.2) is 16.3 Å². The first kappa shape index (κ1) is 26.2. The Labute approximate surface area is 225 Å². The second kappa shape index (κ2) is 10.6. The number of benzene rings is 2. The molecule has 0 fully saturated rings. The quantitative estimate of drug-likeness (QED) is 0.466. The van der Waals surface area contributed by atoms with Gasteiger partial charge in [-0.25, -0.2) is 4.99 Å². The van der Waals surface area contributed by atoms with E-state index >= 15 is 0 Å². The number of amides is 1. The van der Waals surface area contributed by atoms with Crippen molar-refractivity contribution in [1.29, 1.82) is 0 Å². The number of aromatic nitrogens is 1. The number of hydrogen-bond donors (Lipinski definition) is 1. The van der Waals surface area contributed by atoms with Gasteiger partial charge in [-0.3, -0.25) is 14.2 Å². The van der Waals surface area contributed by atoms with Gasteiger partial charge in [0.05, 0.1) is 29.0 Å². The van der Waals surface area contributed by atoms with Crippen LogP contribution in [0.1, 0.15) is 37.9 Å². The largest absolute Gasteiger partial charge is 0.504 e. The van der Waals surface area contributed by atoms with Crippen LogP contribution in [0.2, 0.25) is 5.02 Å². The minimum atomic E-state index is -0.667. The molecule has 1 N–H and O–H groups in total. The van der Waals surface area contributed by atoms with Gasteiger partial charge in [0.1, 0.15) is 0 Å². The van der Waals surface area contributed by atoms with Crippen LogP contribution in [-0.4, -0.2) is 40.7 Å². The summed E-state index contributed by atoms with van der Waals surface area (Å²) >= 11 is 10.7. The molecule has 36 heavy (non-hydrogen) atoms. The highest BCUT2D eigenvalue weighted by Gasteiger charge is 2.34. The minimum Gasteiger partial charge on any atom is -0.504 e. The Morgan fingerprint density at radius 1 is 1.28 bits per heavy atom. The second-order valence-electron chi connectivity index (χ2n) is 8.16. The van der Waals surface area contributed by atoms with Crippen LogP contribution in [0.4, 0.5) is 0 Å². The highest BCUT2D eigenvalue weighted by molar-refractivity contribution is 9.10. The second-order valence-corrected chi connectivity index (χ2v) is 10.5. The first-order chi connectivity index (χ1) is 17.2. The number of rotatable bonds is 6. The van der Waals surface area contributed by atoms with Gasteiger partial charge < -0.3 is 14.7 Å². The van der Waals surface area contributed by atoms with E-state index in [4.69, 9.17) is 16.3 Å². The number of ether oxygens (including phenoxy) is 1. The van der Waals surface area contributed by atoms with Crippen molar-refractivity contribution in [2.24, 2.45) is 4.99 Å². The van der Waals surface area contributed by atoms with E-state index in [1.165, 1.54) is 18.4 Å². The van der Waals surface area contributed by atoms with Gasteiger partial charge in [-0.15, -0.1) is 0 Å². The maximum Gasteiger partial charge on any atom is 0.271 e. The number of likely N-dealkylation sites (N-methyl/N-ethyl adjacent to an activating group) is 1. The number of thiazole rings is 1. The van der Waals surface area contributed by atoms with Crippen LogP contribution in [0.25, 0.3) is 6.08 Å². The lowest BCUT2D eigenvalue weighted by Crippen LogP contribution is -2.43. The first-order valence-corrected chi connectivity index (χ1v) is 13.3. The average molecular weight is 591 g/mol. The molecule has 0 saturated carbocycles. The molecule has 2 aromatic carbocycles. The maximum absolute atomic E-state index is 13.8. The third kappa shape index (κ3) is 4.75. The molecule has 0 saturated heterocycles. The van der Waals surface area contributed by atoms with Crippen LogP contribution in [0.5, 0.6) is 11.5 Å². The van der Waals surface area contributed by atoms with Gasteiger partial charge in [0.25, 0.3) is 11.5 Å². The number of hydrogen-bond acceptors (Lipinski definition) is 6. The van der Waals surface area contributed by atoms with Crippen molar-refractivity contribution < 1.29 is 14.6 Å². The summed E-state index contributed by atoms with van der Waals surface area (Å²) < 4.78 is 7.85. The van der Waals surface area contributed by atoms with Crippen molar-refractivity contribution in [1.82, 2.24) is 9.47 Å². The van der Waals surface area contributed by atoms with Gasteiger partial charge in [-0.2, -0.15) is 0 Å². The Kier molecular flexibility index (Phi) is 7.73. The van der Waals surface area contributed by atoms with Crippen LogP contribution < -0.4 is 19.6 Å². The average Bonchev–Trinajstić information content (AvgIpc) is 3.15. The van der Waals surface area contributed by atoms with Gasteiger partial charge in [0, 0.05) is 28.1 Å². The predicted molar refractivity (Wildman–Crippen MR) is 146 cm³/mol. The fraction of sp³-hybridized carbons (Fsp3) is 0.269. The standard InChI is InChI=1S/C26H25BrClN3O4S/c1-5-30(6-2)25(34)21-14(3)29-26-31(22(21)15-7-9-18(28)10-8-15)24(33)20(36-26)12-16-11-17(27)13-19(35-4)23(16)32/h7-13,22,32H,5-6H2,1-4H3/b20-12+/t22-/m1/s1. The lowest BCUT2D eigenvalue weighted by molar-refractivity contribution is -0.127. The molecule has 1 aliphatic heterocycles. The molecule has 3 aromatic rings. The summed E-state index contributed by atoms with van der Waals surface area (Å²) in [6.45, 7) is 6.70. The number of carbonyl (C=O) groups excluding carboxylic acids is 1. The maximum atomic E-state index is 13.8. The molecular weight excluding hydrogens is 566 g/mol. The monoisotopic (exact) mass is 589 g/mol. The molecule has 0 bridgehead atoms. The summed E-state index contributed by atoms with van der Waals surface area (Å²) in [4.78, 5) is 34.2. The number of phenols is 1. The van der Waals surface area contributed by atoms with E-state index < -0.39 is 6.04 Å². The first-order valence-electron chi connectivity index (χ1n) is 11.3. The zero-order valence-corrected chi connectivity index (χ0v) is 23.4. The lowest BCUT2D eigenvalue weighted by atomic mass is 9.94. The molecular formula is C26H25BrClN3O4S. The Hall–Kier alpha value is -2.88. The van der Waals surface area contributed by atoms with Crippen molar-refractivity contribution in [3.8, 4) is 11.5 Å². The van der Waals surface area contributed by atoms with Gasteiger partial charge in [-0.05, 0) is 56.7 Å². The predicted octanol–water partition coefficient (Wildman–Crippen LogP) is 4.23. The zero-order chi connectivity index (χ0) is 26.1. The fourth-order valence-corrected chi connectivity index (χ4v) is 5.86. The fourth-order valence-electron chi connectivity index (χ4n) is 4.24. The number of allylic oxidation sites excluding steroid dienone is 1. The molecule has 0 radical (unpaired) electrons. The summed E-state index contributed by atoms with van der Waals surface area (Å²) in [6.07, 6.45) is 1.61. The van der Waals surface area contributed by atoms with Gasteiger partial charge in [-0.1, -0.05) is 51.0 Å². The zero-order valence-electron chi connectivity index (χ0n) is 20.2. The molecule has 0 unspecified atom stereocenters. The van der Waals surface area contributed by atoms with E-state index in [0.29, 0.717) is 48.8 Å². The van der Waals surface area contributed by atoms with Gasteiger partial charge >= 0.3 is 0 Å². The van der Waals surface area contributed by atoms with Crippen LogP contribution in [0, 0.1) is 0 Å². The van der Waals surface area contributed by atoms with Crippen molar-refractivity contribution in [3.05, 3.63) is 88.0 Å². The number of phenolic OH excluding ortho intramolecular Hbond substituents is 1. The van der Waals surface area contributed by atoms with Crippen molar-refractivity contribution >= 4 is 50.9 Å². The number of nitrogens with zero attached hydrogens (tertiary/aromatic N) is 3. The molecule has 4 rings (SSSR count). The molecule has 1 atom stereocenters. The molecule has 1 aromatic heterocycles. The molecule has 1 amide bonds. The molecule has 1 aliphatic rings. The Morgan fingerprint density at radius 3 is 2.56 bits per heavy atom. The van der Waals surface area contributed by atoms with E-state index in [1.54, 1.807) is 46.7 Å². The van der Waals surface area contributed by atoms with E-state index in [2.05, 4.69) is 20.9 Å². The van der Waals surface area contributed by atoms with E-state index in [9.17, 15) is 14.7 Å². The summed E-state index contributed by atoms with van der Waals surface area (Å²) in [5.41, 5.74) is 1.88. The summed E-state index contributed by atoms with van der Waals surface area (Å²) in [6, 6.07) is 9.81. The third-order valence-electron chi connectivity index (χ3n) is 6.06. The summed E-state index contributed by atoms with van der Waals surface area (Å²) in [5.74, 6) is 0.0459. The smallest absolute Gasteiger partial charge is 0.271 e. The number of methoxy groups -OCH3 is 1. The summed E-state index contributed by atoms with van der Waals surface area (Å²) in [5, 5.41) is 11.2. The molecule has 0 spiro atoms. The molecule has 7 nitrogen and oxygen atoms in total. The number of halogens is 2. The number of aromatic hydroxyl groups is 1. The lowest BCUT2D eigenvalue weighted by Gasteiger charge is -2.29. The highest BCUT2D eigenvalue weighted by atomic mass is 79.9. The Morgan fingerprint density at radius 2 is 1.94 bits per heavy atom. The number of carbonyl (C=O) groups is 1. The number of fused-ring (bicyclic) bond motifs is 1. The molecule has 0 aliphatic carbocycles. The van der Waals surface area contributed by atoms with E-state index in [1.807, 2.05) is 26.0 Å². The molecule has 2 heterocycles. The Bertz CT molecular complexity index is 1540. The van der Waals surface area contributed by atoms with Crippen molar-refractivity contribution in [2.45, 2.75) is 26.8 Å². The summed E-state index contributed by atoms with van der Waals surface area (Å²) in [7, 11) is 1.46. The van der Waals surface area contributed by atoms with Crippen molar-refractivity contribution in [2.75, 3.05) is 20.2 Å². The van der Waals surface area contributed by atoms with Crippen LogP contribution in [0.3, 0.4) is 0 Å². The van der Waals surface area contributed by atoms with Crippen LogP contribution >= 0.6 is 38.9 Å². The topological polar surface area (TPSA) is 84.1 Å².